The highest BCUT2D eigenvalue weighted by atomic mass is 32.1. The van der Waals surface area contributed by atoms with Crippen LogP contribution in [0.5, 0.6) is 0 Å². The van der Waals surface area contributed by atoms with Crippen LogP contribution in [0, 0.1) is 0 Å². The summed E-state index contributed by atoms with van der Waals surface area (Å²) in [5, 5.41) is 8.61. The van der Waals surface area contributed by atoms with Gasteiger partial charge in [0.05, 0.1) is 0 Å². The molecule has 2 aromatic rings. The quantitative estimate of drug-likeness (QED) is 0.641. The van der Waals surface area contributed by atoms with Crippen molar-refractivity contribution >= 4 is 11.3 Å². The van der Waals surface area contributed by atoms with E-state index in [4.69, 9.17) is 0 Å². The van der Waals surface area contributed by atoms with Crippen LogP contribution in [-0.2, 0) is 0 Å². The molecule has 2 heterocycles. The van der Waals surface area contributed by atoms with Crippen LogP contribution in [0.3, 0.4) is 0 Å². The average molecular weight is 163 g/mol. The molecule has 0 saturated heterocycles. The number of rotatable bonds is 1. The van der Waals surface area contributed by atoms with Gasteiger partial charge in [0, 0.05) is 18.0 Å². The Kier molecular flexibility index (Phi) is 1.61. The summed E-state index contributed by atoms with van der Waals surface area (Å²) in [4.78, 5) is 3.91. The van der Waals surface area contributed by atoms with Gasteiger partial charge in [0.25, 0.3) is 0 Å². The van der Waals surface area contributed by atoms with Gasteiger partial charge in [0.15, 0.2) is 0 Å². The Morgan fingerprint density at radius 1 is 1.18 bits per heavy atom. The summed E-state index contributed by atoms with van der Waals surface area (Å²) in [6, 6.07) is 3.83. The van der Waals surface area contributed by atoms with Crippen molar-refractivity contribution in [1.82, 2.24) is 15.2 Å². The van der Waals surface area contributed by atoms with E-state index >= 15 is 0 Å². The molecule has 0 N–H and O–H groups in total. The van der Waals surface area contributed by atoms with Gasteiger partial charge in [-0.2, -0.15) is 0 Å². The highest BCUT2D eigenvalue weighted by molar-refractivity contribution is 7.12. The predicted molar refractivity (Wildman–Crippen MR) is 43.1 cm³/mol. The second-order valence-corrected chi connectivity index (χ2v) is 2.81. The van der Waals surface area contributed by atoms with Crippen LogP contribution in [-0.4, -0.2) is 15.2 Å². The van der Waals surface area contributed by atoms with Crippen molar-refractivity contribution < 1.29 is 0 Å². The van der Waals surface area contributed by atoms with Gasteiger partial charge >= 0.3 is 0 Å². The maximum atomic E-state index is 3.93. The molecule has 0 spiro atoms. The van der Waals surface area contributed by atoms with E-state index in [1.165, 1.54) is 11.3 Å². The first-order valence-corrected chi connectivity index (χ1v) is 4.01. The first-order valence-electron chi connectivity index (χ1n) is 3.13. The summed E-state index contributed by atoms with van der Waals surface area (Å²) in [6.07, 6.45) is 3.49. The zero-order valence-corrected chi connectivity index (χ0v) is 6.45. The lowest BCUT2D eigenvalue weighted by molar-refractivity contribution is 1.09. The maximum Gasteiger partial charge on any atom is 0.147 e. The molecule has 2 aromatic heterocycles. The van der Waals surface area contributed by atoms with Crippen molar-refractivity contribution in [2.45, 2.75) is 0 Å². The maximum absolute atomic E-state index is 3.93. The van der Waals surface area contributed by atoms with Gasteiger partial charge in [-0.15, -0.1) is 10.2 Å². The van der Waals surface area contributed by atoms with E-state index in [2.05, 4.69) is 15.2 Å². The van der Waals surface area contributed by atoms with Crippen molar-refractivity contribution in [3.05, 3.63) is 30.0 Å². The Morgan fingerprint density at radius 2 is 2.00 bits per heavy atom. The Hall–Kier alpha value is -1.29. The second-order valence-electron chi connectivity index (χ2n) is 1.98. The Balaban J connectivity index is 2.46. The molecule has 11 heavy (non-hydrogen) atoms. The van der Waals surface area contributed by atoms with Crippen LogP contribution < -0.4 is 0 Å². The molecular weight excluding hydrogens is 158 g/mol. The van der Waals surface area contributed by atoms with Crippen molar-refractivity contribution in [3.63, 3.8) is 0 Å². The molecule has 0 amide bonds. The van der Waals surface area contributed by atoms with Gasteiger partial charge < -0.3 is 0 Å². The van der Waals surface area contributed by atoms with Crippen LogP contribution in [0.2, 0.25) is 0 Å². The van der Waals surface area contributed by atoms with Crippen molar-refractivity contribution in [3.8, 4) is 10.6 Å². The molecule has 4 heteroatoms. The van der Waals surface area contributed by atoms with E-state index in [9.17, 15) is 0 Å². The Morgan fingerprint density at radius 3 is 2.64 bits per heavy atom. The zero-order chi connectivity index (χ0) is 7.52. The van der Waals surface area contributed by atoms with Crippen molar-refractivity contribution in [2.24, 2.45) is 0 Å². The van der Waals surface area contributed by atoms with Gasteiger partial charge in [-0.3, -0.25) is 4.98 Å². The summed E-state index contributed by atoms with van der Waals surface area (Å²) >= 11 is 1.53. The monoisotopic (exact) mass is 163 g/mol. The smallest absolute Gasteiger partial charge is 0.147 e. The number of nitrogens with zero attached hydrogens (tertiary/aromatic N) is 3. The lowest BCUT2D eigenvalue weighted by Gasteiger charge is -1.90. The Bertz CT molecular complexity index is 317. The van der Waals surface area contributed by atoms with Crippen molar-refractivity contribution in [1.29, 1.82) is 0 Å². The van der Waals surface area contributed by atoms with Crippen LogP contribution in [0.4, 0.5) is 0 Å². The third kappa shape index (κ3) is 1.25. The molecule has 0 fully saturated rings. The molecule has 0 bridgehead atoms. The number of hydrogen-bond acceptors (Lipinski definition) is 4. The third-order valence-electron chi connectivity index (χ3n) is 1.29. The van der Waals surface area contributed by atoms with Crippen LogP contribution in [0.15, 0.2) is 30.0 Å². The molecule has 0 aromatic carbocycles. The minimum absolute atomic E-state index is 0.937. The van der Waals surface area contributed by atoms with Gasteiger partial charge in [-0.25, -0.2) is 0 Å². The molecule has 0 saturated carbocycles. The second kappa shape index (κ2) is 2.75. The Labute approximate surface area is 67.8 Å². The van der Waals surface area contributed by atoms with Crippen LogP contribution >= 0.6 is 11.3 Å². The normalized spacial score (nSPS) is 9.82. The van der Waals surface area contributed by atoms with Crippen molar-refractivity contribution in [2.75, 3.05) is 0 Å². The fourth-order valence-corrected chi connectivity index (χ4v) is 1.35. The van der Waals surface area contributed by atoms with Gasteiger partial charge in [0.1, 0.15) is 10.5 Å². The van der Waals surface area contributed by atoms with E-state index in [0.29, 0.717) is 0 Å². The van der Waals surface area contributed by atoms with E-state index in [0.717, 1.165) is 10.6 Å². The summed E-state index contributed by atoms with van der Waals surface area (Å²) < 4.78 is 0. The van der Waals surface area contributed by atoms with Gasteiger partial charge in [-0.05, 0) is 12.1 Å². The molecule has 0 aliphatic carbocycles. The summed E-state index contributed by atoms with van der Waals surface area (Å²) in [5.41, 5.74) is 2.79. The highest BCUT2D eigenvalue weighted by Gasteiger charge is 1.97. The van der Waals surface area contributed by atoms with Gasteiger partial charge in [-0.1, -0.05) is 11.3 Å². The molecule has 0 aliphatic rings. The van der Waals surface area contributed by atoms with Crippen LogP contribution in [0.1, 0.15) is 0 Å². The topological polar surface area (TPSA) is 38.7 Å². The van der Waals surface area contributed by atoms with Crippen LogP contribution in [0.25, 0.3) is 10.6 Å². The fraction of sp³-hybridized carbons (Fsp3) is 0. The molecule has 0 unspecified atom stereocenters. The predicted octanol–water partition coefficient (Wildman–Crippen LogP) is 1.60. The van der Waals surface area contributed by atoms with E-state index in [1.807, 2.05) is 12.1 Å². The summed E-state index contributed by atoms with van der Waals surface area (Å²) in [7, 11) is 0. The lowest BCUT2D eigenvalue weighted by atomic mass is 10.3. The van der Waals surface area contributed by atoms with E-state index in [1.54, 1.807) is 17.9 Å². The summed E-state index contributed by atoms with van der Waals surface area (Å²) in [6.45, 7) is 0. The number of hydrogen-bond donors (Lipinski definition) is 0. The average Bonchev–Trinajstić information content (AvgIpc) is 2.58. The largest absolute Gasteiger partial charge is 0.265 e. The van der Waals surface area contributed by atoms with Gasteiger partial charge in [0.2, 0.25) is 0 Å². The molecule has 0 atom stereocenters. The molecule has 54 valence electrons. The number of aromatic nitrogens is 3. The molecular formula is C7H5N3S. The summed E-state index contributed by atoms with van der Waals surface area (Å²) in [5.74, 6) is 0. The highest BCUT2D eigenvalue weighted by Crippen LogP contribution is 2.18. The lowest BCUT2D eigenvalue weighted by Crippen LogP contribution is -1.76. The minimum Gasteiger partial charge on any atom is -0.265 e. The first-order chi connectivity index (χ1) is 5.47. The van der Waals surface area contributed by atoms with E-state index in [-0.39, 0.29) is 0 Å². The molecule has 0 aliphatic heterocycles. The number of pyridine rings is 1. The first kappa shape index (κ1) is 6.42. The molecule has 0 radical (unpaired) electrons. The minimum atomic E-state index is 0.937. The fourth-order valence-electron chi connectivity index (χ4n) is 0.793. The molecule has 3 nitrogen and oxygen atoms in total. The third-order valence-corrected chi connectivity index (χ3v) is 2.03. The molecule has 2 rings (SSSR count). The standard InChI is InChI=1S/C7H5N3S/c1-3-8-4-2-6(1)7-10-9-5-11-7/h1-5H. The van der Waals surface area contributed by atoms with E-state index < -0.39 is 0 Å². The SMILES string of the molecule is c1cc(-c2nncs2)ccn1. The zero-order valence-electron chi connectivity index (χ0n) is 5.64.